The van der Waals surface area contributed by atoms with Crippen LogP contribution in [0.1, 0.15) is 24.8 Å². The molecule has 1 aliphatic heterocycles. The van der Waals surface area contributed by atoms with Crippen LogP contribution in [0.2, 0.25) is 0 Å². The molecule has 10 heteroatoms. The maximum atomic E-state index is 13.2. The molecule has 2 aromatic carbocycles. The highest BCUT2D eigenvalue weighted by molar-refractivity contribution is 7.91. The summed E-state index contributed by atoms with van der Waals surface area (Å²) in [7, 11) is -3.42. The molecular formula is C25H32ClN3O4S2. The molecule has 1 aliphatic rings. The van der Waals surface area contributed by atoms with Gasteiger partial charge < -0.3 is 4.74 Å². The number of carbonyl (C=O) groups is 1. The average molecular weight is 538 g/mol. The number of hydrogen-bond acceptors (Lipinski definition) is 7. The Kier molecular flexibility index (Phi) is 10.1. The zero-order valence-corrected chi connectivity index (χ0v) is 22.3. The summed E-state index contributed by atoms with van der Waals surface area (Å²) in [6.45, 7) is 6.68. The van der Waals surface area contributed by atoms with Crippen molar-refractivity contribution < 1.29 is 17.9 Å². The van der Waals surface area contributed by atoms with Crippen LogP contribution in [-0.4, -0.2) is 69.4 Å². The number of nitrogens with zero attached hydrogens (tertiary/aromatic N) is 3. The number of aromatic nitrogens is 1. The van der Waals surface area contributed by atoms with Crippen molar-refractivity contribution in [1.29, 1.82) is 0 Å². The second kappa shape index (κ2) is 12.8. The lowest BCUT2D eigenvalue weighted by Crippen LogP contribution is -2.39. The molecule has 4 rings (SSSR count). The number of anilines is 1. The number of morpholine rings is 1. The van der Waals surface area contributed by atoms with Gasteiger partial charge in [-0.3, -0.25) is 14.6 Å². The fourth-order valence-electron chi connectivity index (χ4n) is 3.99. The van der Waals surface area contributed by atoms with Gasteiger partial charge in [-0.05, 0) is 44.0 Å². The van der Waals surface area contributed by atoms with Gasteiger partial charge in [0.1, 0.15) is 0 Å². The summed E-state index contributed by atoms with van der Waals surface area (Å²) in [5.41, 5.74) is 1.88. The zero-order valence-electron chi connectivity index (χ0n) is 19.9. The van der Waals surface area contributed by atoms with Crippen molar-refractivity contribution in [2.75, 3.05) is 50.0 Å². The Hall–Kier alpha value is -2.04. The molecule has 2 heterocycles. The molecule has 35 heavy (non-hydrogen) atoms. The Morgan fingerprint density at radius 2 is 1.80 bits per heavy atom. The Morgan fingerprint density at radius 1 is 1.09 bits per heavy atom. The number of hydrogen-bond donors (Lipinski definition) is 0. The smallest absolute Gasteiger partial charge is 0.228 e. The zero-order chi connectivity index (χ0) is 24.0. The maximum absolute atomic E-state index is 13.2. The van der Waals surface area contributed by atoms with Gasteiger partial charge in [0.25, 0.3) is 0 Å². The Morgan fingerprint density at radius 3 is 2.51 bits per heavy atom. The maximum Gasteiger partial charge on any atom is 0.228 e. The monoisotopic (exact) mass is 537 g/mol. The number of benzene rings is 2. The summed E-state index contributed by atoms with van der Waals surface area (Å²) in [6.07, 6.45) is 1.27. The normalized spacial score (nSPS) is 14.5. The van der Waals surface area contributed by atoms with Crippen LogP contribution in [0.15, 0.2) is 53.4 Å². The molecular weight excluding hydrogens is 506 g/mol. The lowest BCUT2D eigenvalue weighted by atomic mass is 10.2. The number of thiazole rings is 1. The summed E-state index contributed by atoms with van der Waals surface area (Å²) >= 11 is 1.50. The van der Waals surface area contributed by atoms with Crippen molar-refractivity contribution in [3.63, 3.8) is 0 Å². The SMILES string of the molecule is Cc1ccc(S(=O)(=O)CCCC(=O)N(CCCN2CCOCC2)c2nc3ccccc3s2)cc1.Cl. The van der Waals surface area contributed by atoms with Crippen LogP contribution < -0.4 is 4.90 Å². The van der Waals surface area contributed by atoms with E-state index < -0.39 is 9.84 Å². The molecule has 0 bridgehead atoms. The van der Waals surface area contributed by atoms with Crippen LogP contribution in [0.5, 0.6) is 0 Å². The predicted octanol–water partition coefficient (Wildman–Crippen LogP) is 4.34. The van der Waals surface area contributed by atoms with Crippen molar-refractivity contribution in [2.45, 2.75) is 31.1 Å². The van der Waals surface area contributed by atoms with E-state index in [4.69, 9.17) is 4.74 Å². The Balaban J connectivity index is 0.00000342. The first-order valence-corrected chi connectivity index (χ1v) is 14.1. The van der Waals surface area contributed by atoms with Crippen molar-refractivity contribution in [2.24, 2.45) is 0 Å². The molecule has 0 aliphatic carbocycles. The van der Waals surface area contributed by atoms with E-state index >= 15 is 0 Å². The molecule has 1 fully saturated rings. The van der Waals surface area contributed by atoms with Gasteiger partial charge >= 0.3 is 0 Å². The van der Waals surface area contributed by atoms with Crippen LogP contribution in [0.4, 0.5) is 5.13 Å². The second-order valence-corrected chi connectivity index (χ2v) is 11.7. The molecule has 1 amide bonds. The highest BCUT2D eigenvalue weighted by Crippen LogP contribution is 2.29. The number of para-hydroxylation sites is 1. The van der Waals surface area contributed by atoms with E-state index in [0.717, 1.165) is 55.0 Å². The number of sulfone groups is 1. The van der Waals surface area contributed by atoms with Crippen molar-refractivity contribution >= 4 is 54.8 Å². The van der Waals surface area contributed by atoms with E-state index in [2.05, 4.69) is 9.88 Å². The van der Waals surface area contributed by atoms with Crippen molar-refractivity contribution in [1.82, 2.24) is 9.88 Å². The summed E-state index contributed by atoms with van der Waals surface area (Å²) in [6, 6.07) is 14.7. The first-order valence-electron chi connectivity index (χ1n) is 11.7. The fraction of sp³-hybridized carbons (Fsp3) is 0.440. The van der Waals surface area contributed by atoms with E-state index in [9.17, 15) is 13.2 Å². The molecule has 0 saturated carbocycles. The van der Waals surface area contributed by atoms with Gasteiger partial charge in [0.15, 0.2) is 15.0 Å². The largest absolute Gasteiger partial charge is 0.379 e. The van der Waals surface area contributed by atoms with E-state index in [1.807, 2.05) is 31.2 Å². The second-order valence-electron chi connectivity index (χ2n) is 8.55. The molecule has 0 atom stereocenters. The third kappa shape index (κ3) is 7.47. The minimum atomic E-state index is -3.42. The summed E-state index contributed by atoms with van der Waals surface area (Å²) in [5, 5.41) is 0.676. The topological polar surface area (TPSA) is 79.8 Å². The third-order valence-electron chi connectivity index (χ3n) is 5.96. The predicted molar refractivity (Wildman–Crippen MR) is 144 cm³/mol. The standard InChI is InChI=1S/C25H31N3O4S2.ClH/c1-20-9-11-21(12-10-20)34(30,31)19-4-8-24(29)28(14-5-13-27-15-17-32-18-16-27)25-26-22-6-2-3-7-23(22)33-25;/h2-3,6-7,9-12H,4-5,8,13-19H2,1H3;1H. The number of aryl methyl sites for hydroxylation is 1. The molecule has 0 unspecified atom stereocenters. The summed E-state index contributed by atoms with van der Waals surface area (Å²) in [5.74, 6) is -0.136. The summed E-state index contributed by atoms with van der Waals surface area (Å²) < 4.78 is 31.8. The number of carbonyl (C=O) groups excluding carboxylic acids is 1. The molecule has 0 spiro atoms. The van der Waals surface area contributed by atoms with Crippen LogP contribution in [0.3, 0.4) is 0 Å². The molecule has 1 aromatic heterocycles. The lowest BCUT2D eigenvalue weighted by Gasteiger charge is -2.27. The van der Waals surface area contributed by atoms with E-state index in [1.165, 1.54) is 11.3 Å². The highest BCUT2D eigenvalue weighted by Gasteiger charge is 2.22. The van der Waals surface area contributed by atoms with Gasteiger partial charge in [0.05, 0.1) is 34.1 Å². The van der Waals surface area contributed by atoms with Gasteiger partial charge in [-0.15, -0.1) is 12.4 Å². The number of fused-ring (bicyclic) bond motifs is 1. The first kappa shape index (κ1) is 27.5. The van der Waals surface area contributed by atoms with Crippen LogP contribution in [0.25, 0.3) is 10.2 Å². The molecule has 0 N–H and O–H groups in total. The number of rotatable bonds is 10. The van der Waals surface area contributed by atoms with Crippen LogP contribution in [0, 0.1) is 6.92 Å². The van der Waals surface area contributed by atoms with E-state index in [-0.39, 0.29) is 36.9 Å². The van der Waals surface area contributed by atoms with Crippen LogP contribution >= 0.6 is 23.7 Å². The van der Waals surface area contributed by atoms with Gasteiger partial charge in [0, 0.05) is 32.6 Å². The highest BCUT2D eigenvalue weighted by atomic mass is 35.5. The number of halogens is 1. The molecule has 0 radical (unpaired) electrons. The fourth-order valence-corrected chi connectivity index (χ4v) is 6.31. The van der Waals surface area contributed by atoms with Gasteiger partial charge in [-0.2, -0.15) is 0 Å². The van der Waals surface area contributed by atoms with Gasteiger partial charge in [-0.1, -0.05) is 41.2 Å². The quantitative estimate of drug-likeness (QED) is 0.383. The lowest BCUT2D eigenvalue weighted by molar-refractivity contribution is -0.118. The van der Waals surface area contributed by atoms with Crippen LogP contribution in [-0.2, 0) is 19.4 Å². The van der Waals surface area contributed by atoms with Gasteiger partial charge in [-0.25, -0.2) is 13.4 Å². The van der Waals surface area contributed by atoms with Crippen molar-refractivity contribution in [3.8, 4) is 0 Å². The molecule has 7 nitrogen and oxygen atoms in total. The minimum absolute atomic E-state index is 0. The third-order valence-corrected chi connectivity index (χ3v) is 8.83. The van der Waals surface area contributed by atoms with Crippen molar-refractivity contribution in [3.05, 3.63) is 54.1 Å². The molecule has 190 valence electrons. The number of amides is 1. The molecule has 3 aromatic rings. The van der Waals surface area contributed by atoms with E-state index in [0.29, 0.717) is 16.6 Å². The molecule has 1 saturated heterocycles. The Bertz CT molecular complexity index is 1180. The number of ether oxygens (including phenoxy) is 1. The Labute approximate surface area is 217 Å². The first-order chi connectivity index (χ1) is 16.4. The van der Waals surface area contributed by atoms with Gasteiger partial charge in [0.2, 0.25) is 5.91 Å². The minimum Gasteiger partial charge on any atom is -0.379 e. The van der Waals surface area contributed by atoms with E-state index in [1.54, 1.807) is 29.2 Å². The average Bonchev–Trinajstić information content (AvgIpc) is 3.26. The summed E-state index contributed by atoms with van der Waals surface area (Å²) in [4.78, 5) is 22.3.